The van der Waals surface area contributed by atoms with E-state index in [1.165, 1.54) is 52.0 Å². The van der Waals surface area contributed by atoms with E-state index in [9.17, 15) is 0 Å². The summed E-state index contributed by atoms with van der Waals surface area (Å²) in [5.74, 6) is 0.905. The molecule has 3 heteroatoms. The first-order valence-corrected chi connectivity index (χ1v) is 8.94. The molecule has 0 radical (unpaired) electrons. The largest absolute Gasteiger partial charge is 0.381 e. The average molecular weight is 294 g/mol. The van der Waals surface area contributed by atoms with Crippen LogP contribution in [0, 0.1) is 16.7 Å². The molecule has 0 unspecified atom stereocenters. The van der Waals surface area contributed by atoms with Crippen molar-refractivity contribution in [1.29, 1.82) is 0 Å². The van der Waals surface area contributed by atoms with Crippen molar-refractivity contribution >= 4 is 0 Å². The van der Waals surface area contributed by atoms with Gasteiger partial charge in [0, 0.05) is 45.4 Å². The topological polar surface area (TPSA) is 15.7 Å². The summed E-state index contributed by atoms with van der Waals surface area (Å²) in [4.78, 5) is 5.31. The molecule has 0 N–H and O–H groups in total. The zero-order valence-electron chi connectivity index (χ0n) is 14.5. The van der Waals surface area contributed by atoms with Crippen LogP contribution in [0.25, 0.3) is 0 Å². The van der Waals surface area contributed by atoms with Crippen molar-refractivity contribution in [3.05, 3.63) is 0 Å². The van der Waals surface area contributed by atoms with Crippen LogP contribution >= 0.6 is 0 Å². The first-order chi connectivity index (χ1) is 9.90. The molecule has 3 fully saturated rings. The van der Waals surface area contributed by atoms with Crippen LogP contribution in [0.5, 0.6) is 0 Å². The fourth-order valence-electron chi connectivity index (χ4n) is 4.65. The Hall–Kier alpha value is -0.120. The second-order valence-electron chi connectivity index (χ2n) is 8.80. The Morgan fingerprint density at radius 3 is 2.33 bits per heavy atom. The number of nitrogens with zero attached hydrogens (tertiary/aromatic N) is 2. The maximum Gasteiger partial charge on any atom is 0.0523 e. The first-order valence-electron chi connectivity index (χ1n) is 8.94. The van der Waals surface area contributed by atoms with Gasteiger partial charge in [-0.15, -0.1) is 0 Å². The monoisotopic (exact) mass is 294 g/mol. The fourth-order valence-corrected chi connectivity index (χ4v) is 4.65. The fraction of sp³-hybridized carbons (Fsp3) is 1.00. The molecule has 3 rings (SSSR count). The van der Waals surface area contributed by atoms with Crippen LogP contribution in [0.15, 0.2) is 0 Å². The summed E-state index contributed by atoms with van der Waals surface area (Å²) in [5, 5.41) is 0. The van der Waals surface area contributed by atoms with Crippen molar-refractivity contribution in [2.24, 2.45) is 16.7 Å². The van der Waals surface area contributed by atoms with E-state index in [0.717, 1.165) is 19.1 Å². The van der Waals surface area contributed by atoms with Crippen molar-refractivity contribution < 1.29 is 4.74 Å². The second-order valence-corrected chi connectivity index (χ2v) is 8.80. The summed E-state index contributed by atoms with van der Waals surface area (Å²) in [5.41, 5.74) is 1.05. The minimum atomic E-state index is 0.466. The van der Waals surface area contributed by atoms with Crippen molar-refractivity contribution in [3.8, 4) is 0 Å². The Balaban J connectivity index is 1.46. The first kappa shape index (κ1) is 15.8. The predicted octanol–water partition coefficient (Wildman–Crippen LogP) is 2.86. The Labute approximate surface area is 131 Å². The maximum atomic E-state index is 5.63. The van der Waals surface area contributed by atoms with Gasteiger partial charge in [0.15, 0.2) is 0 Å². The Morgan fingerprint density at radius 1 is 1.14 bits per heavy atom. The Bertz CT molecular complexity index is 344. The highest BCUT2D eigenvalue weighted by Gasteiger charge is 2.51. The molecule has 122 valence electrons. The Kier molecular flexibility index (Phi) is 4.37. The molecule has 2 saturated heterocycles. The normalized spacial score (nSPS) is 35.6. The van der Waals surface area contributed by atoms with Gasteiger partial charge < -0.3 is 9.64 Å². The smallest absolute Gasteiger partial charge is 0.0523 e. The van der Waals surface area contributed by atoms with Crippen LogP contribution in [0.2, 0.25) is 0 Å². The van der Waals surface area contributed by atoms with E-state index in [2.05, 4.69) is 37.5 Å². The van der Waals surface area contributed by atoms with Crippen LogP contribution < -0.4 is 0 Å². The van der Waals surface area contributed by atoms with E-state index in [4.69, 9.17) is 4.74 Å². The molecule has 21 heavy (non-hydrogen) atoms. The molecule has 1 aliphatic carbocycles. The lowest BCUT2D eigenvalue weighted by Gasteiger charge is -2.53. The lowest BCUT2D eigenvalue weighted by Crippen LogP contribution is -2.54. The minimum absolute atomic E-state index is 0.466. The molecule has 3 nitrogen and oxygen atoms in total. The highest BCUT2D eigenvalue weighted by Crippen LogP contribution is 2.57. The molecule has 3 aliphatic rings. The molecule has 1 saturated carbocycles. The average Bonchev–Trinajstić information content (AvgIpc) is 2.86. The highest BCUT2D eigenvalue weighted by molar-refractivity contribution is 5.01. The standard InChI is InChI=1S/C18H34N2O/c1-15(2)20-8-6-19(7-9-20)13-17(3,4)16-11-18(12-16)5-10-21-14-18/h15-16H,5-14H2,1-4H3. The molecule has 0 amide bonds. The van der Waals surface area contributed by atoms with Gasteiger partial charge in [0.25, 0.3) is 0 Å². The number of piperazine rings is 1. The van der Waals surface area contributed by atoms with Gasteiger partial charge in [-0.1, -0.05) is 13.8 Å². The summed E-state index contributed by atoms with van der Waals surface area (Å²) >= 11 is 0. The van der Waals surface area contributed by atoms with Gasteiger partial charge in [0.1, 0.15) is 0 Å². The molecule has 2 aliphatic heterocycles. The van der Waals surface area contributed by atoms with E-state index >= 15 is 0 Å². The van der Waals surface area contributed by atoms with E-state index < -0.39 is 0 Å². The Morgan fingerprint density at radius 2 is 1.81 bits per heavy atom. The summed E-state index contributed by atoms with van der Waals surface area (Å²) in [6, 6.07) is 0.703. The number of hydrogen-bond acceptors (Lipinski definition) is 3. The third-order valence-electron chi connectivity index (χ3n) is 6.42. The van der Waals surface area contributed by atoms with Crippen LogP contribution in [-0.4, -0.2) is 61.8 Å². The van der Waals surface area contributed by atoms with Gasteiger partial charge >= 0.3 is 0 Å². The summed E-state index contributed by atoms with van der Waals surface area (Å²) in [6.45, 7) is 17.9. The van der Waals surface area contributed by atoms with Gasteiger partial charge in [-0.2, -0.15) is 0 Å². The molecule has 0 atom stereocenters. The summed E-state index contributed by atoms with van der Waals surface area (Å²) < 4.78 is 5.63. The van der Waals surface area contributed by atoms with Crippen molar-refractivity contribution in [1.82, 2.24) is 9.80 Å². The minimum Gasteiger partial charge on any atom is -0.381 e. The number of rotatable bonds is 4. The van der Waals surface area contributed by atoms with Gasteiger partial charge in [-0.05, 0) is 49.9 Å². The SMILES string of the molecule is CC(C)N1CCN(CC(C)(C)C2CC3(CCOC3)C2)CC1. The quantitative estimate of drug-likeness (QED) is 0.793. The highest BCUT2D eigenvalue weighted by atomic mass is 16.5. The summed E-state index contributed by atoms with van der Waals surface area (Å²) in [6.07, 6.45) is 4.13. The van der Waals surface area contributed by atoms with Crippen LogP contribution in [0.1, 0.15) is 47.0 Å². The zero-order chi connectivity index (χ0) is 15.1. The third kappa shape index (κ3) is 3.30. The third-order valence-corrected chi connectivity index (χ3v) is 6.42. The molecule has 2 heterocycles. The molecule has 1 spiro atoms. The molecule has 0 aromatic rings. The molecule has 0 aromatic heterocycles. The van der Waals surface area contributed by atoms with Crippen molar-refractivity contribution in [2.75, 3.05) is 45.9 Å². The maximum absolute atomic E-state index is 5.63. The number of hydrogen-bond donors (Lipinski definition) is 0. The molecule has 0 bridgehead atoms. The van der Waals surface area contributed by atoms with E-state index in [0.29, 0.717) is 16.9 Å². The van der Waals surface area contributed by atoms with E-state index in [1.807, 2.05) is 0 Å². The van der Waals surface area contributed by atoms with Crippen LogP contribution in [0.4, 0.5) is 0 Å². The lowest BCUT2D eigenvalue weighted by atomic mass is 9.54. The molecular weight excluding hydrogens is 260 g/mol. The van der Waals surface area contributed by atoms with Crippen molar-refractivity contribution in [3.63, 3.8) is 0 Å². The van der Waals surface area contributed by atoms with E-state index in [1.54, 1.807) is 0 Å². The van der Waals surface area contributed by atoms with Gasteiger partial charge in [0.05, 0.1) is 6.61 Å². The second kappa shape index (κ2) is 5.82. The molecule has 0 aromatic carbocycles. The number of ether oxygens (including phenoxy) is 1. The van der Waals surface area contributed by atoms with Crippen molar-refractivity contribution in [2.45, 2.75) is 53.0 Å². The van der Waals surface area contributed by atoms with Gasteiger partial charge in [0.2, 0.25) is 0 Å². The summed E-state index contributed by atoms with van der Waals surface area (Å²) in [7, 11) is 0. The lowest BCUT2D eigenvalue weighted by molar-refractivity contribution is -0.0449. The van der Waals surface area contributed by atoms with Crippen LogP contribution in [-0.2, 0) is 4.74 Å². The molecular formula is C18H34N2O. The van der Waals surface area contributed by atoms with Crippen LogP contribution in [0.3, 0.4) is 0 Å². The van der Waals surface area contributed by atoms with Gasteiger partial charge in [-0.3, -0.25) is 4.90 Å². The van der Waals surface area contributed by atoms with E-state index in [-0.39, 0.29) is 0 Å². The van der Waals surface area contributed by atoms with Gasteiger partial charge in [-0.25, -0.2) is 0 Å². The zero-order valence-corrected chi connectivity index (χ0v) is 14.5. The predicted molar refractivity (Wildman–Crippen MR) is 87.5 cm³/mol.